The van der Waals surface area contributed by atoms with E-state index in [-0.39, 0.29) is 11.4 Å². The maximum Gasteiger partial charge on any atom is 0.412 e. The Morgan fingerprint density at radius 1 is 1.41 bits per heavy atom. The third-order valence-corrected chi connectivity index (χ3v) is 1.56. The van der Waals surface area contributed by atoms with E-state index < -0.39 is 17.7 Å². The first-order valence-electron chi connectivity index (χ1n) is 4.84. The normalized spacial score (nSPS) is 10.8. The van der Waals surface area contributed by atoms with Gasteiger partial charge in [0.2, 0.25) is 0 Å². The van der Waals surface area contributed by atoms with Gasteiger partial charge in [-0.25, -0.2) is 9.59 Å². The fraction of sp³-hybridized carbons (Fsp3) is 0.400. The second-order valence-corrected chi connectivity index (χ2v) is 4.23. The number of carbonyl (C=O) groups excluding carboxylic acids is 1. The van der Waals surface area contributed by atoms with Crippen LogP contribution in [0.4, 0.5) is 10.5 Å². The molecule has 1 aromatic rings. The first-order chi connectivity index (χ1) is 7.79. The van der Waals surface area contributed by atoms with Gasteiger partial charge in [-0.2, -0.15) is 5.10 Å². The van der Waals surface area contributed by atoms with Crippen LogP contribution in [0.3, 0.4) is 0 Å². The van der Waals surface area contributed by atoms with Crippen LogP contribution in [-0.4, -0.2) is 33.0 Å². The van der Waals surface area contributed by atoms with E-state index in [9.17, 15) is 9.59 Å². The Kier molecular flexibility index (Phi) is 3.62. The molecule has 0 bridgehead atoms. The highest BCUT2D eigenvalue weighted by molar-refractivity contribution is 5.96. The number of aromatic carboxylic acids is 1. The van der Waals surface area contributed by atoms with Crippen molar-refractivity contribution in [2.75, 3.05) is 5.32 Å². The molecular formula is C10H13N3O4. The van der Waals surface area contributed by atoms with E-state index in [0.29, 0.717) is 0 Å². The highest BCUT2D eigenvalue weighted by Gasteiger charge is 2.19. The molecule has 0 saturated carbocycles. The number of hydrogen-bond donors (Lipinski definition) is 2. The first kappa shape index (κ1) is 12.9. The number of carboxylic acids is 1. The summed E-state index contributed by atoms with van der Waals surface area (Å²) in [5.41, 5.74) is -0.950. The Hall–Kier alpha value is -2.18. The van der Waals surface area contributed by atoms with Crippen molar-refractivity contribution in [2.45, 2.75) is 26.4 Å². The number of hydrogen-bond acceptors (Lipinski definition) is 5. The number of carboxylic acid groups (broad SMARTS) is 1. The lowest BCUT2D eigenvalue weighted by Crippen LogP contribution is -2.28. The first-order valence-corrected chi connectivity index (χ1v) is 4.84. The lowest BCUT2D eigenvalue weighted by atomic mass is 10.2. The third kappa shape index (κ3) is 4.06. The predicted molar refractivity (Wildman–Crippen MR) is 58.8 cm³/mol. The van der Waals surface area contributed by atoms with Crippen molar-refractivity contribution in [3.05, 3.63) is 18.0 Å². The van der Waals surface area contributed by atoms with E-state index >= 15 is 0 Å². The second-order valence-electron chi connectivity index (χ2n) is 4.23. The SMILES string of the molecule is CC(C)(C)OC(=O)Nc1ccnnc1C(=O)O. The van der Waals surface area contributed by atoms with E-state index in [1.807, 2.05) is 0 Å². The van der Waals surface area contributed by atoms with E-state index in [4.69, 9.17) is 9.84 Å². The lowest BCUT2D eigenvalue weighted by Gasteiger charge is -2.19. The summed E-state index contributed by atoms with van der Waals surface area (Å²) in [6, 6.07) is 1.33. The number of anilines is 1. The molecule has 17 heavy (non-hydrogen) atoms. The molecule has 0 aliphatic carbocycles. The van der Waals surface area contributed by atoms with Crippen LogP contribution >= 0.6 is 0 Å². The van der Waals surface area contributed by atoms with Crippen LogP contribution in [0.15, 0.2) is 12.3 Å². The van der Waals surface area contributed by atoms with Crippen LogP contribution < -0.4 is 5.32 Å². The highest BCUT2D eigenvalue weighted by atomic mass is 16.6. The van der Waals surface area contributed by atoms with Crippen LogP contribution in [0.1, 0.15) is 31.3 Å². The lowest BCUT2D eigenvalue weighted by molar-refractivity contribution is 0.0636. The molecule has 0 radical (unpaired) electrons. The molecule has 0 saturated heterocycles. The summed E-state index contributed by atoms with van der Waals surface area (Å²) in [5.74, 6) is -1.27. The smallest absolute Gasteiger partial charge is 0.412 e. The molecule has 0 aliphatic rings. The highest BCUT2D eigenvalue weighted by Crippen LogP contribution is 2.13. The van der Waals surface area contributed by atoms with Crippen molar-refractivity contribution in [3.63, 3.8) is 0 Å². The van der Waals surface area contributed by atoms with Gasteiger partial charge in [0, 0.05) is 0 Å². The number of rotatable bonds is 2. The molecule has 0 fully saturated rings. The average molecular weight is 239 g/mol. The van der Waals surface area contributed by atoms with Gasteiger partial charge >= 0.3 is 12.1 Å². The zero-order valence-corrected chi connectivity index (χ0v) is 9.72. The Morgan fingerprint density at radius 2 is 2.06 bits per heavy atom. The van der Waals surface area contributed by atoms with Crippen LogP contribution in [-0.2, 0) is 4.74 Å². The van der Waals surface area contributed by atoms with Gasteiger partial charge in [-0.3, -0.25) is 5.32 Å². The van der Waals surface area contributed by atoms with Gasteiger partial charge in [0.05, 0.1) is 11.9 Å². The predicted octanol–water partition coefficient (Wildman–Crippen LogP) is 1.52. The molecule has 0 atom stereocenters. The zero-order chi connectivity index (χ0) is 13.1. The Labute approximate surface area is 97.8 Å². The van der Waals surface area contributed by atoms with Crippen LogP contribution in [0.25, 0.3) is 0 Å². The molecule has 1 rings (SSSR count). The molecule has 0 aliphatic heterocycles. The second kappa shape index (κ2) is 4.77. The topological polar surface area (TPSA) is 101 Å². The number of carbonyl (C=O) groups is 2. The number of nitrogens with one attached hydrogen (secondary N) is 1. The quantitative estimate of drug-likeness (QED) is 0.811. The Morgan fingerprint density at radius 3 is 2.59 bits per heavy atom. The molecule has 1 amide bonds. The van der Waals surface area contributed by atoms with Gasteiger partial charge in [-0.15, -0.1) is 5.10 Å². The zero-order valence-electron chi connectivity index (χ0n) is 9.72. The summed E-state index contributed by atoms with van der Waals surface area (Å²) >= 11 is 0. The Bertz CT molecular complexity index is 439. The van der Waals surface area contributed by atoms with E-state index in [1.54, 1.807) is 20.8 Å². The molecule has 0 spiro atoms. The summed E-state index contributed by atoms with van der Waals surface area (Å²) in [7, 11) is 0. The largest absolute Gasteiger partial charge is 0.476 e. The van der Waals surface area contributed by atoms with Gasteiger partial charge in [-0.1, -0.05) is 0 Å². The molecule has 7 nitrogen and oxygen atoms in total. The number of aromatic nitrogens is 2. The minimum atomic E-state index is -1.27. The summed E-state index contributed by atoms with van der Waals surface area (Å²) in [4.78, 5) is 22.2. The van der Waals surface area contributed by atoms with Crippen molar-refractivity contribution in [1.82, 2.24) is 10.2 Å². The average Bonchev–Trinajstić information content (AvgIpc) is 2.14. The standard InChI is InChI=1S/C10H13N3O4/c1-10(2,3)17-9(16)12-6-4-5-11-13-7(6)8(14)15/h4-5H,1-3H3,(H,14,15)(H,11,12,16). The fourth-order valence-electron chi connectivity index (χ4n) is 1.00. The monoisotopic (exact) mass is 239 g/mol. The van der Waals surface area contributed by atoms with Gasteiger partial charge in [-0.05, 0) is 26.8 Å². The van der Waals surface area contributed by atoms with Crippen molar-refractivity contribution in [2.24, 2.45) is 0 Å². The summed E-state index contributed by atoms with van der Waals surface area (Å²) < 4.78 is 4.99. The molecule has 0 unspecified atom stereocenters. The van der Waals surface area contributed by atoms with Crippen molar-refractivity contribution < 1.29 is 19.4 Å². The molecule has 7 heteroatoms. The van der Waals surface area contributed by atoms with Gasteiger partial charge in [0.1, 0.15) is 5.60 Å². The maximum absolute atomic E-state index is 11.4. The van der Waals surface area contributed by atoms with Crippen molar-refractivity contribution in [1.29, 1.82) is 0 Å². The van der Waals surface area contributed by atoms with Crippen molar-refractivity contribution >= 4 is 17.7 Å². The van der Waals surface area contributed by atoms with E-state index in [1.165, 1.54) is 12.3 Å². The fourth-order valence-corrected chi connectivity index (χ4v) is 1.00. The molecular weight excluding hydrogens is 226 g/mol. The Balaban J connectivity index is 2.82. The number of nitrogens with zero attached hydrogens (tertiary/aromatic N) is 2. The van der Waals surface area contributed by atoms with Gasteiger partial charge in [0.15, 0.2) is 5.69 Å². The molecule has 1 aromatic heterocycles. The van der Waals surface area contributed by atoms with Gasteiger partial charge < -0.3 is 9.84 Å². The maximum atomic E-state index is 11.4. The van der Waals surface area contributed by atoms with E-state index in [0.717, 1.165) is 0 Å². The number of amides is 1. The van der Waals surface area contributed by atoms with Crippen LogP contribution in [0.2, 0.25) is 0 Å². The minimum Gasteiger partial charge on any atom is -0.476 e. The van der Waals surface area contributed by atoms with Crippen LogP contribution in [0, 0.1) is 0 Å². The molecule has 92 valence electrons. The van der Waals surface area contributed by atoms with Gasteiger partial charge in [0.25, 0.3) is 0 Å². The minimum absolute atomic E-state index is 0.0433. The van der Waals surface area contributed by atoms with Crippen LogP contribution in [0.5, 0.6) is 0 Å². The third-order valence-electron chi connectivity index (χ3n) is 1.56. The molecule has 1 heterocycles. The summed E-state index contributed by atoms with van der Waals surface area (Å²) in [5, 5.41) is 18.0. The summed E-state index contributed by atoms with van der Waals surface area (Å²) in [6.45, 7) is 5.11. The van der Waals surface area contributed by atoms with Crippen molar-refractivity contribution in [3.8, 4) is 0 Å². The van der Waals surface area contributed by atoms with E-state index in [2.05, 4.69) is 15.5 Å². The summed E-state index contributed by atoms with van der Waals surface area (Å²) in [6.07, 6.45) is 0.534. The number of ether oxygens (including phenoxy) is 1. The molecule has 2 N–H and O–H groups in total. The molecule has 0 aromatic carbocycles.